The molecule has 8 nitrogen and oxygen atoms in total. The molecule has 8 heteroatoms. The molecule has 3 aromatic heterocycles. The van der Waals surface area contributed by atoms with Crippen LogP contribution in [0.3, 0.4) is 0 Å². The topological polar surface area (TPSA) is 96.3 Å². The Morgan fingerprint density at radius 3 is 2.90 bits per heavy atom. The van der Waals surface area contributed by atoms with Crippen LogP contribution in [-0.4, -0.2) is 32.7 Å². The largest absolute Gasteiger partial charge is 0.497 e. The first-order valence-corrected chi connectivity index (χ1v) is 9.34. The van der Waals surface area contributed by atoms with E-state index in [2.05, 4.69) is 25.7 Å². The lowest BCUT2D eigenvalue weighted by Crippen LogP contribution is -2.19. The highest BCUT2D eigenvalue weighted by atomic mass is 16.5. The van der Waals surface area contributed by atoms with E-state index in [1.807, 2.05) is 66.9 Å². The van der Waals surface area contributed by atoms with E-state index in [0.29, 0.717) is 17.2 Å². The molecule has 0 aliphatic carbocycles. The number of benzene rings is 2. The molecule has 5 rings (SSSR count). The average Bonchev–Trinajstić information content (AvgIpc) is 3.38. The summed E-state index contributed by atoms with van der Waals surface area (Å²) in [6.45, 7) is 0. The van der Waals surface area contributed by atoms with Crippen LogP contribution in [0.25, 0.3) is 27.8 Å². The summed E-state index contributed by atoms with van der Waals surface area (Å²) >= 11 is 0. The molecule has 0 aliphatic heterocycles. The van der Waals surface area contributed by atoms with Gasteiger partial charge in [-0.1, -0.05) is 12.1 Å². The molecule has 2 aromatic carbocycles. The number of amides is 2. The summed E-state index contributed by atoms with van der Waals surface area (Å²) in [5.74, 6) is 1.17. The van der Waals surface area contributed by atoms with Gasteiger partial charge in [0, 0.05) is 28.4 Å². The van der Waals surface area contributed by atoms with Crippen LogP contribution >= 0.6 is 0 Å². The third-order valence-electron chi connectivity index (χ3n) is 4.74. The molecule has 5 aromatic rings. The highest BCUT2D eigenvalue weighted by molar-refractivity contribution is 6.00. The number of hydrogen-bond acceptors (Lipinski definition) is 4. The minimum Gasteiger partial charge on any atom is -0.497 e. The first-order chi connectivity index (χ1) is 14.7. The van der Waals surface area contributed by atoms with Crippen molar-refractivity contribution >= 4 is 34.1 Å². The lowest BCUT2D eigenvalue weighted by Gasteiger charge is -2.05. The number of aromatic amines is 1. The number of methoxy groups -OCH3 is 1. The molecule has 0 fully saturated rings. The van der Waals surface area contributed by atoms with Gasteiger partial charge in [0.05, 0.1) is 19.0 Å². The van der Waals surface area contributed by atoms with Crippen molar-refractivity contribution in [2.45, 2.75) is 0 Å². The van der Waals surface area contributed by atoms with Crippen LogP contribution in [0, 0.1) is 0 Å². The van der Waals surface area contributed by atoms with Crippen molar-refractivity contribution in [3.8, 4) is 17.0 Å². The van der Waals surface area contributed by atoms with E-state index in [0.717, 1.165) is 27.9 Å². The zero-order chi connectivity index (χ0) is 20.5. The first-order valence-electron chi connectivity index (χ1n) is 9.34. The van der Waals surface area contributed by atoms with Gasteiger partial charge in [-0.3, -0.25) is 5.32 Å². The molecule has 0 saturated carbocycles. The maximum atomic E-state index is 12.4. The molecule has 0 atom stereocenters. The van der Waals surface area contributed by atoms with E-state index < -0.39 is 0 Å². The molecule has 148 valence electrons. The number of nitrogens with zero attached hydrogens (tertiary/aromatic N) is 3. The molecule has 0 saturated heterocycles. The van der Waals surface area contributed by atoms with Crippen molar-refractivity contribution in [1.82, 2.24) is 19.6 Å². The monoisotopic (exact) mass is 398 g/mol. The van der Waals surface area contributed by atoms with Gasteiger partial charge in [-0.25, -0.2) is 14.3 Å². The maximum Gasteiger partial charge on any atom is 0.324 e. The van der Waals surface area contributed by atoms with Crippen molar-refractivity contribution in [3.63, 3.8) is 0 Å². The molecule has 0 bridgehead atoms. The van der Waals surface area contributed by atoms with Crippen LogP contribution in [-0.2, 0) is 0 Å². The molecule has 0 aliphatic rings. The molecule has 3 heterocycles. The zero-order valence-corrected chi connectivity index (χ0v) is 16.1. The van der Waals surface area contributed by atoms with Crippen molar-refractivity contribution in [1.29, 1.82) is 0 Å². The van der Waals surface area contributed by atoms with E-state index in [1.165, 1.54) is 0 Å². The Balaban J connectivity index is 1.34. The Hall–Kier alpha value is -4.33. The first kappa shape index (κ1) is 17.7. The van der Waals surface area contributed by atoms with Crippen LogP contribution in [0.4, 0.5) is 16.3 Å². The second kappa shape index (κ2) is 7.25. The Morgan fingerprint density at radius 1 is 1.07 bits per heavy atom. The van der Waals surface area contributed by atoms with Gasteiger partial charge >= 0.3 is 6.03 Å². The number of anilines is 2. The zero-order valence-electron chi connectivity index (χ0n) is 16.1. The normalized spacial score (nSPS) is 11.0. The van der Waals surface area contributed by atoms with Crippen molar-refractivity contribution < 1.29 is 9.53 Å². The second-order valence-corrected chi connectivity index (χ2v) is 6.74. The smallest absolute Gasteiger partial charge is 0.324 e. The van der Waals surface area contributed by atoms with Gasteiger partial charge in [0.15, 0.2) is 11.5 Å². The van der Waals surface area contributed by atoms with E-state index >= 15 is 0 Å². The Bertz CT molecular complexity index is 1370. The maximum absolute atomic E-state index is 12.4. The number of urea groups is 1. The second-order valence-electron chi connectivity index (χ2n) is 6.74. The van der Waals surface area contributed by atoms with E-state index in [4.69, 9.17) is 4.74 Å². The lowest BCUT2D eigenvalue weighted by atomic mass is 10.1. The molecule has 30 heavy (non-hydrogen) atoms. The molecular formula is C22H18N6O2. The van der Waals surface area contributed by atoms with Crippen LogP contribution in [0.1, 0.15) is 0 Å². The SMILES string of the molecule is COc1cccc(-c2ccc3nc(NC(=O)Nc4ccc5[nH]ccc5c4)cn3n2)c1. The number of hydrogen-bond donors (Lipinski definition) is 3. The predicted molar refractivity (Wildman–Crippen MR) is 116 cm³/mol. The Kier molecular flexibility index (Phi) is 4.29. The number of nitrogens with one attached hydrogen (secondary N) is 3. The fraction of sp³-hybridized carbons (Fsp3) is 0.0455. The lowest BCUT2D eigenvalue weighted by molar-refractivity contribution is 0.262. The molecule has 3 N–H and O–H groups in total. The summed E-state index contributed by atoms with van der Waals surface area (Å²) in [6.07, 6.45) is 3.53. The van der Waals surface area contributed by atoms with Crippen molar-refractivity contribution in [3.05, 3.63) is 73.1 Å². The minimum atomic E-state index is -0.374. The van der Waals surface area contributed by atoms with E-state index in [-0.39, 0.29) is 6.03 Å². The van der Waals surface area contributed by atoms with Gasteiger partial charge in [0.1, 0.15) is 5.75 Å². The number of imidazole rings is 1. The number of aromatic nitrogens is 4. The number of H-pyrrole nitrogens is 1. The predicted octanol–water partition coefficient (Wildman–Crippen LogP) is 4.53. The summed E-state index contributed by atoms with van der Waals surface area (Å²) in [4.78, 5) is 19.9. The van der Waals surface area contributed by atoms with Crippen molar-refractivity contribution in [2.24, 2.45) is 0 Å². The average molecular weight is 398 g/mol. The summed E-state index contributed by atoms with van der Waals surface area (Å²) in [7, 11) is 1.63. The summed E-state index contributed by atoms with van der Waals surface area (Å²) in [6, 6.07) is 18.6. The fourth-order valence-corrected chi connectivity index (χ4v) is 3.29. The van der Waals surface area contributed by atoms with Crippen LogP contribution in [0.5, 0.6) is 5.75 Å². The molecule has 0 spiro atoms. The number of ether oxygens (including phenoxy) is 1. The van der Waals surface area contributed by atoms with Gasteiger partial charge in [-0.15, -0.1) is 0 Å². The van der Waals surface area contributed by atoms with Gasteiger partial charge in [-0.05, 0) is 48.5 Å². The van der Waals surface area contributed by atoms with Gasteiger partial charge in [-0.2, -0.15) is 5.10 Å². The van der Waals surface area contributed by atoms with Gasteiger partial charge < -0.3 is 15.0 Å². The number of carbonyl (C=O) groups is 1. The van der Waals surface area contributed by atoms with Crippen LogP contribution < -0.4 is 15.4 Å². The van der Waals surface area contributed by atoms with Crippen LogP contribution in [0.2, 0.25) is 0 Å². The number of rotatable bonds is 4. The Morgan fingerprint density at radius 2 is 2.00 bits per heavy atom. The molecular weight excluding hydrogens is 380 g/mol. The van der Waals surface area contributed by atoms with E-state index in [9.17, 15) is 4.79 Å². The standard InChI is InChI=1S/C22H18N6O2/c1-30-17-4-2-3-14(12-17)19-7-8-21-25-20(13-28(21)27-19)26-22(29)24-16-5-6-18-15(11-16)9-10-23-18/h2-13,23H,1H3,(H2,24,26,29). The minimum absolute atomic E-state index is 0.374. The van der Waals surface area contributed by atoms with Gasteiger partial charge in [0.2, 0.25) is 0 Å². The van der Waals surface area contributed by atoms with Gasteiger partial charge in [0.25, 0.3) is 0 Å². The van der Waals surface area contributed by atoms with E-state index in [1.54, 1.807) is 17.8 Å². The fourth-order valence-electron chi connectivity index (χ4n) is 3.29. The third-order valence-corrected chi connectivity index (χ3v) is 4.74. The molecule has 0 unspecified atom stereocenters. The van der Waals surface area contributed by atoms with Crippen LogP contribution in [0.15, 0.2) is 73.1 Å². The highest BCUT2D eigenvalue weighted by Crippen LogP contribution is 2.23. The highest BCUT2D eigenvalue weighted by Gasteiger charge is 2.09. The molecule has 0 radical (unpaired) electrons. The summed E-state index contributed by atoms with van der Waals surface area (Å²) < 4.78 is 6.91. The number of carbonyl (C=O) groups excluding carboxylic acids is 1. The number of fused-ring (bicyclic) bond motifs is 2. The third kappa shape index (κ3) is 3.42. The quantitative estimate of drug-likeness (QED) is 0.414. The van der Waals surface area contributed by atoms with Crippen molar-refractivity contribution in [2.75, 3.05) is 17.7 Å². The Labute approximate surface area is 171 Å². The summed E-state index contributed by atoms with van der Waals surface area (Å²) in [5, 5.41) is 11.2. The summed E-state index contributed by atoms with van der Waals surface area (Å²) in [5.41, 5.74) is 4.04. The molecule has 2 amide bonds.